The first-order valence-electron chi connectivity index (χ1n) is 13.3. The molecule has 0 saturated carbocycles. The summed E-state index contributed by atoms with van der Waals surface area (Å²) in [6, 6.07) is 40.5. The molecule has 0 aliphatic carbocycles. The Kier molecular flexibility index (Phi) is 4.43. The Bertz CT molecular complexity index is 2200. The van der Waals surface area contributed by atoms with E-state index in [1.165, 1.54) is 74.8 Å². The Hall–Kier alpha value is -4.14. The largest absolute Gasteiger partial charge is 0.307 e. The van der Waals surface area contributed by atoms with Crippen molar-refractivity contribution in [3.63, 3.8) is 0 Å². The van der Waals surface area contributed by atoms with Crippen molar-refractivity contribution in [3.8, 4) is 5.69 Å². The number of nitrogens with zero attached hydrogens (tertiary/aromatic N) is 1. The topological polar surface area (TPSA) is 4.93 Å². The molecule has 6 aromatic carbocycles. The second-order valence-electron chi connectivity index (χ2n) is 11.4. The van der Waals surface area contributed by atoms with E-state index >= 15 is 0 Å². The first-order chi connectivity index (χ1) is 18.5. The van der Waals surface area contributed by atoms with Gasteiger partial charge in [0.15, 0.2) is 0 Å². The maximum Gasteiger partial charge on any atom is 0.0726 e. The summed E-state index contributed by atoms with van der Waals surface area (Å²) in [5.74, 6) is 0. The first kappa shape index (κ1) is 21.9. The molecule has 38 heavy (non-hydrogen) atoms. The van der Waals surface area contributed by atoms with Gasteiger partial charge in [0.2, 0.25) is 0 Å². The van der Waals surface area contributed by atoms with E-state index in [9.17, 15) is 0 Å². The smallest absolute Gasteiger partial charge is 0.0726 e. The first-order valence-corrected chi connectivity index (χ1v) is 14.1. The van der Waals surface area contributed by atoms with E-state index in [-0.39, 0.29) is 5.41 Å². The minimum Gasteiger partial charge on any atom is -0.307 e. The third kappa shape index (κ3) is 2.92. The van der Waals surface area contributed by atoms with Crippen LogP contribution in [0, 0.1) is 0 Å². The lowest BCUT2D eigenvalue weighted by Crippen LogP contribution is -2.10. The molecule has 0 saturated heterocycles. The van der Waals surface area contributed by atoms with Gasteiger partial charge in [0.1, 0.15) is 0 Å². The Labute approximate surface area is 225 Å². The van der Waals surface area contributed by atoms with Crippen molar-refractivity contribution in [3.05, 3.63) is 115 Å². The Morgan fingerprint density at radius 1 is 0.553 bits per heavy atom. The fourth-order valence-corrected chi connectivity index (χ4v) is 7.54. The van der Waals surface area contributed by atoms with Gasteiger partial charge < -0.3 is 4.57 Å². The summed E-state index contributed by atoms with van der Waals surface area (Å²) in [6.45, 7) is 6.90. The number of benzene rings is 6. The summed E-state index contributed by atoms with van der Waals surface area (Å²) >= 11 is 1.92. The van der Waals surface area contributed by atoms with Gasteiger partial charge in [0.25, 0.3) is 0 Å². The molecule has 1 nitrogen and oxygen atoms in total. The van der Waals surface area contributed by atoms with Crippen LogP contribution in [0.3, 0.4) is 0 Å². The Balaban J connectivity index is 1.73. The van der Waals surface area contributed by atoms with Crippen LogP contribution in [0.4, 0.5) is 0 Å². The number of hydrogen-bond donors (Lipinski definition) is 0. The lowest BCUT2D eigenvalue weighted by atomic mass is 9.85. The van der Waals surface area contributed by atoms with Crippen LogP contribution in [0.15, 0.2) is 109 Å². The van der Waals surface area contributed by atoms with Crippen molar-refractivity contribution in [2.24, 2.45) is 0 Å². The fraction of sp³-hybridized carbons (Fsp3) is 0.111. The molecule has 0 aliphatic heterocycles. The molecular weight excluding hydrogens is 478 g/mol. The van der Waals surface area contributed by atoms with Gasteiger partial charge in [0, 0.05) is 37.3 Å². The zero-order valence-electron chi connectivity index (χ0n) is 21.7. The molecule has 182 valence electrons. The van der Waals surface area contributed by atoms with Crippen LogP contribution >= 0.6 is 11.3 Å². The molecule has 0 amide bonds. The minimum absolute atomic E-state index is 0.0748. The maximum atomic E-state index is 2.55. The Morgan fingerprint density at radius 2 is 1.21 bits per heavy atom. The van der Waals surface area contributed by atoms with Gasteiger partial charge in [-0.3, -0.25) is 0 Å². The summed E-state index contributed by atoms with van der Waals surface area (Å²) in [7, 11) is 0. The standard InChI is InChI=1S/C36H27NS/c1-36(2,3)23-19-17-22-18-20-28-31-25-13-7-8-14-26(25)32-27-15-9-10-16-30(27)38-35(32)34(31)37(33(28)29(22)21-23)24-11-5-4-6-12-24/h4-21H,1-3H3. The van der Waals surface area contributed by atoms with Gasteiger partial charge in [0.05, 0.1) is 15.7 Å². The second kappa shape index (κ2) is 7.69. The van der Waals surface area contributed by atoms with Crippen molar-refractivity contribution in [1.82, 2.24) is 4.57 Å². The Morgan fingerprint density at radius 3 is 1.97 bits per heavy atom. The van der Waals surface area contributed by atoms with Gasteiger partial charge in [-0.15, -0.1) is 11.3 Å². The number of para-hydroxylation sites is 1. The highest BCUT2D eigenvalue weighted by Crippen LogP contribution is 2.49. The molecule has 2 heteroatoms. The van der Waals surface area contributed by atoms with Gasteiger partial charge in [-0.05, 0) is 51.4 Å². The van der Waals surface area contributed by atoms with Crippen LogP contribution in [0.25, 0.3) is 69.2 Å². The maximum absolute atomic E-state index is 2.55. The summed E-state index contributed by atoms with van der Waals surface area (Å²) < 4.78 is 5.24. The molecule has 0 spiro atoms. The molecule has 0 unspecified atom stereocenters. The number of hydrogen-bond acceptors (Lipinski definition) is 1. The van der Waals surface area contributed by atoms with E-state index in [2.05, 4.69) is 135 Å². The van der Waals surface area contributed by atoms with E-state index < -0.39 is 0 Å². The van der Waals surface area contributed by atoms with Crippen molar-refractivity contribution >= 4 is 74.9 Å². The molecular formula is C36H27NS. The summed E-state index contributed by atoms with van der Waals surface area (Å²) in [6.07, 6.45) is 0. The average Bonchev–Trinajstić information content (AvgIpc) is 3.50. The third-order valence-corrected chi connectivity index (χ3v) is 9.28. The molecule has 2 heterocycles. The molecule has 0 fully saturated rings. The molecule has 2 aromatic heterocycles. The minimum atomic E-state index is 0.0748. The normalized spacial score (nSPS) is 12.6. The highest BCUT2D eigenvalue weighted by atomic mass is 32.1. The zero-order valence-corrected chi connectivity index (χ0v) is 22.6. The molecule has 8 rings (SSSR count). The lowest BCUT2D eigenvalue weighted by Gasteiger charge is -2.20. The monoisotopic (exact) mass is 505 g/mol. The molecule has 0 atom stereocenters. The number of fused-ring (bicyclic) bond motifs is 12. The van der Waals surface area contributed by atoms with Crippen LogP contribution in [0.1, 0.15) is 26.3 Å². The average molecular weight is 506 g/mol. The van der Waals surface area contributed by atoms with E-state index in [1.807, 2.05) is 11.3 Å². The van der Waals surface area contributed by atoms with Gasteiger partial charge in [-0.2, -0.15) is 0 Å². The van der Waals surface area contributed by atoms with E-state index in [4.69, 9.17) is 0 Å². The van der Waals surface area contributed by atoms with Gasteiger partial charge in [-0.1, -0.05) is 106 Å². The van der Waals surface area contributed by atoms with Crippen LogP contribution in [-0.4, -0.2) is 4.57 Å². The van der Waals surface area contributed by atoms with Crippen LogP contribution in [-0.2, 0) is 5.41 Å². The van der Waals surface area contributed by atoms with Crippen molar-refractivity contribution in [1.29, 1.82) is 0 Å². The summed E-state index contributed by atoms with van der Waals surface area (Å²) in [5, 5.41) is 10.6. The predicted octanol–water partition coefficient (Wildman–Crippen LogP) is 10.8. The number of thiophene rings is 1. The third-order valence-electron chi connectivity index (χ3n) is 8.10. The molecule has 8 aromatic rings. The lowest BCUT2D eigenvalue weighted by molar-refractivity contribution is 0.591. The van der Waals surface area contributed by atoms with Crippen molar-refractivity contribution in [2.75, 3.05) is 0 Å². The van der Waals surface area contributed by atoms with Crippen LogP contribution in [0.5, 0.6) is 0 Å². The highest BCUT2D eigenvalue weighted by molar-refractivity contribution is 7.27. The SMILES string of the molecule is CC(C)(C)c1ccc2ccc3c4c5ccccc5c5c6ccccc6sc5c4n(-c4ccccc4)c3c2c1. The molecule has 0 N–H and O–H groups in total. The second-order valence-corrected chi connectivity index (χ2v) is 12.4. The molecule has 0 radical (unpaired) electrons. The van der Waals surface area contributed by atoms with E-state index in [0.717, 1.165) is 0 Å². The molecule has 0 bridgehead atoms. The van der Waals surface area contributed by atoms with E-state index in [1.54, 1.807) is 0 Å². The van der Waals surface area contributed by atoms with Crippen LogP contribution < -0.4 is 0 Å². The van der Waals surface area contributed by atoms with E-state index in [0.29, 0.717) is 0 Å². The van der Waals surface area contributed by atoms with Crippen molar-refractivity contribution in [2.45, 2.75) is 26.2 Å². The van der Waals surface area contributed by atoms with Gasteiger partial charge >= 0.3 is 0 Å². The van der Waals surface area contributed by atoms with Crippen LogP contribution in [0.2, 0.25) is 0 Å². The quantitative estimate of drug-likeness (QED) is 0.209. The van der Waals surface area contributed by atoms with Gasteiger partial charge in [-0.25, -0.2) is 0 Å². The summed E-state index contributed by atoms with van der Waals surface area (Å²) in [4.78, 5) is 0. The zero-order chi connectivity index (χ0) is 25.6. The fourth-order valence-electron chi connectivity index (χ4n) is 6.29. The number of rotatable bonds is 1. The van der Waals surface area contributed by atoms with Crippen molar-refractivity contribution < 1.29 is 0 Å². The summed E-state index contributed by atoms with van der Waals surface area (Å²) in [5.41, 5.74) is 5.25. The highest BCUT2D eigenvalue weighted by Gasteiger charge is 2.23. The predicted molar refractivity (Wildman–Crippen MR) is 167 cm³/mol. The number of aromatic nitrogens is 1. The molecule has 0 aliphatic rings.